The van der Waals surface area contributed by atoms with Gasteiger partial charge in [-0.15, -0.1) is 0 Å². The lowest BCUT2D eigenvalue weighted by molar-refractivity contribution is 0.0565. The summed E-state index contributed by atoms with van der Waals surface area (Å²) >= 11 is 6.18. The van der Waals surface area contributed by atoms with Gasteiger partial charge in [-0.05, 0) is 44.5 Å². The number of hydrogen-bond acceptors (Lipinski definition) is 5. The average Bonchev–Trinajstić information content (AvgIpc) is 3.21. The molecule has 1 aromatic rings. The Labute approximate surface area is 178 Å². The second-order valence-corrected chi connectivity index (χ2v) is 10.1. The molecule has 1 N–H and O–H groups in total. The highest BCUT2D eigenvalue weighted by atomic mass is 35.5. The smallest absolute Gasteiger partial charge is 0.251 e. The van der Waals surface area contributed by atoms with Gasteiger partial charge < -0.3 is 15.0 Å². The zero-order chi connectivity index (χ0) is 20.9. The molecule has 7 nitrogen and oxygen atoms in total. The standard InChI is InChI=1S/C20H30ClN3O4S/c1-23-10-12-24(13-11-23)29(26,27)19-15-16(7-8-18(19)21)20(25)22-9-4-14-28-17-5-2-3-6-17/h7-8,15,17H,2-6,9-14H2,1H3,(H,22,25). The van der Waals surface area contributed by atoms with Gasteiger partial charge in [0.05, 0.1) is 11.1 Å². The first-order valence-electron chi connectivity index (χ1n) is 10.3. The molecule has 162 valence electrons. The van der Waals surface area contributed by atoms with E-state index >= 15 is 0 Å². The van der Waals surface area contributed by atoms with Crippen molar-refractivity contribution in [2.45, 2.75) is 43.1 Å². The summed E-state index contributed by atoms with van der Waals surface area (Å²) in [6, 6.07) is 4.40. The number of benzene rings is 1. The van der Waals surface area contributed by atoms with Crippen LogP contribution in [0.4, 0.5) is 0 Å². The number of amides is 1. The summed E-state index contributed by atoms with van der Waals surface area (Å²) < 4.78 is 33.2. The Bertz CT molecular complexity index is 804. The molecular formula is C20H30ClN3O4S. The quantitative estimate of drug-likeness (QED) is 0.624. The fourth-order valence-electron chi connectivity index (χ4n) is 3.69. The highest BCUT2D eigenvalue weighted by Gasteiger charge is 2.30. The van der Waals surface area contributed by atoms with E-state index in [2.05, 4.69) is 10.2 Å². The summed E-state index contributed by atoms with van der Waals surface area (Å²) in [4.78, 5) is 14.5. The van der Waals surface area contributed by atoms with Gasteiger partial charge in [0, 0.05) is 44.9 Å². The molecule has 1 heterocycles. The summed E-state index contributed by atoms with van der Waals surface area (Å²) in [5.41, 5.74) is 0.291. The molecular weight excluding hydrogens is 414 g/mol. The Kier molecular flexibility index (Phi) is 7.92. The number of piperazine rings is 1. The van der Waals surface area contributed by atoms with Crippen LogP contribution in [0.3, 0.4) is 0 Å². The van der Waals surface area contributed by atoms with Gasteiger partial charge in [-0.25, -0.2) is 8.42 Å². The van der Waals surface area contributed by atoms with Crippen LogP contribution in [0.2, 0.25) is 5.02 Å². The van der Waals surface area contributed by atoms with Gasteiger partial charge in [-0.2, -0.15) is 4.31 Å². The molecule has 3 rings (SSSR count). The van der Waals surface area contributed by atoms with Gasteiger partial charge in [0.25, 0.3) is 5.91 Å². The molecule has 1 saturated heterocycles. The average molecular weight is 444 g/mol. The summed E-state index contributed by atoms with van der Waals surface area (Å²) in [6.07, 6.45) is 5.81. The Hall–Kier alpha value is -1.19. The Balaban J connectivity index is 1.56. The predicted molar refractivity (Wildman–Crippen MR) is 113 cm³/mol. The second-order valence-electron chi connectivity index (χ2n) is 7.74. The van der Waals surface area contributed by atoms with E-state index in [0.29, 0.717) is 51.0 Å². The summed E-state index contributed by atoms with van der Waals surface area (Å²) in [6.45, 7) is 3.25. The van der Waals surface area contributed by atoms with E-state index in [0.717, 1.165) is 19.3 Å². The minimum absolute atomic E-state index is 0.0130. The number of rotatable bonds is 8. The third kappa shape index (κ3) is 5.92. The monoisotopic (exact) mass is 443 g/mol. The van der Waals surface area contributed by atoms with Crippen molar-refractivity contribution in [1.29, 1.82) is 0 Å². The number of nitrogens with zero attached hydrogens (tertiary/aromatic N) is 2. The van der Waals surface area contributed by atoms with Crippen LogP contribution in [-0.4, -0.2) is 76.0 Å². The lowest BCUT2D eigenvalue weighted by atomic mass is 10.2. The van der Waals surface area contributed by atoms with Crippen LogP contribution < -0.4 is 5.32 Å². The number of ether oxygens (including phenoxy) is 1. The number of nitrogens with one attached hydrogen (secondary N) is 1. The highest BCUT2D eigenvalue weighted by Crippen LogP contribution is 2.26. The normalized spacial score (nSPS) is 19.5. The summed E-state index contributed by atoms with van der Waals surface area (Å²) in [5.74, 6) is -0.308. The molecule has 2 fully saturated rings. The third-order valence-electron chi connectivity index (χ3n) is 5.54. The number of carbonyl (C=O) groups excluding carboxylic acids is 1. The number of carbonyl (C=O) groups is 1. The van der Waals surface area contributed by atoms with Crippen molar-refractivity contribution in [3.05, 3.63) is 28.8 Å². The Morgan fingerprint density at radius 1 is 1.21 bits per heavy atom. The van der Waals surface area contributed by atoms with Crippen molar-refractivity contribution in [3.63, 3.8) is 0 Å². The molecule has 0 unspecified atom stereocenters. The molecule has 1 aliphatic carbocycles. The van der Waals surface area contributed by atoms with E-state index in [-0.39, 0.29) is 15.8 Å². The van der Waals surface area contributed by atoms with E-state index < -0.39 is 10.0 Å². The second kappa shape index (κ2) is 10.2. The lowest BCUT2D eigenvalue weighted by Gasteiger charge is -2.31. The number of sulfonamides is 1. The molecule has 1 amide bonds. The molecule has 9 heteroatoms. The molecule has 1 saturated carbocycles. The molecule has 0 atom stereocenters. The minimum Gasteiger partial charge on any atom is -0.378 e. The summed E-state index contributed by atoms with van der Waals surface area (Å²) in [7, 11) is -1.78. The topological polar surface area (TPSA) is 79.0 Å². The van der Waals surface area contributed by atoms with Crippen molar-refractivity contribution in [2.24, 2.45) is 0 Å². The highest BCUT2D eigenvalue weighted by molar-refractivity contribution is 7.89. The maximum atomic E-state index is 13.0. The molecule has 0 aromatic heterocycles. The van der Waals surface area contributed by atoms with E-state index in [1.807, 2.05) is 7.05 Å². The SMILES string of the molecule is CN1CCN(S(=O)(=O)c2cc(C(=O)NCCCOC3CCCC3)ccc2Cl)CC1. The first-order valence-corrected chi connectivity index (χ1v) is 12.1. The van der Waals surface area contributed by atoms with Crippen molar-refractivity contribution < 1.29 is 17.9 Å². The zero-order valence-electron chi connectivity index (χ0n) is 16.9. The van der Waals surface area contributed by atoms with Crippen molar-refractivity contribution in [1.82, 2.24) is 14.5 Å². The van der Waals surface area contributed by atoms with Gasteiger partial charge in [-0.3, -0.25) is 4.79 Å². The van der Waals surface area contributed by atoms with Crippen LogP contribution in [-0.2, 0) is 14.8 Å². The van der Waals surface area contributed by atoms with Crippen LogP contribution in [0, 0.1) is 0 Å². The number of likely N-dealkylation sites (N-methyl/N-ethyl adjacent to an activating group) is 1. The fourth-order valence-corrected chi connectivity index (χ4v) is 5.61. The number of halogens is 1. The first-order chi connectivity index (χ1) is 13.9. The molecule has 2 aliphatic rings. The van der Waals surface area contributed by atoms with Gasteiger partial charge in [-0.1, -0.05) is 24.4 Å². The molecule has 1 aromatic carbocycles. The lowest BCUT2D eigenvalue weighted by Crippen LogP contribution is -2.47. The third-order valence-corrected chi connectivity index (χ3v) is 7.92. The van der Waals surface area contributed by atoms with Crippen LogP contribution in [0.1, 0.15) is 42.5 Å². The van der Waals surface area contributed by atoms with Gasteiger partial charge in [0.15, 0.2) is 0 Å². The minimum atomic E-state index is -3.74. The molecule has 29 heavy (non-hydrogen) atoms. The molecule has 1 aliphatic heterocycles. The van der Waals surface area contributed by atoms with Crippen LogP contribution >= 0.6 is 11.6 Å². The molecule has 0 radical (unpaired) electrons. The van der Waals surface area contributed by atoms with E-state index in [9.17, 15) is 13.2 Å². The Morgan fingerprint density at radius 3 is 2.59 bits per heavy atom. The summed E-state index contributed by atoms with van der Waals surface area (Å²) in [5, 5.41) is 2.96. The fraction of sp³-hybridized carbons (Fsp3) is 0.650. The van der Waals surface area contributed by atoms with Crippen molar-refractivity contribution in [2.75, 3.05) is 46.4 Å². The van der Waals surface area contributed by atoms with Crippen LogP contribution in [0.15, 0.2) is 23.1 Å². The Morgan fingerprint density at radius 2 is 1.90 bits per heavy atom. The van der Waals surface area contributed by atoms with Crippen LogP contribution in [0.25, 0.3) is 0 Å². The van der Waals surface area contributed by atoms with Crippen LogP contribution in [0.5, 0.6) is 0 Å². The first kappa shape index (κ1) is 22.5. The zero-order valence-corrected chi connectivity index (χ0v) is 18.5. The maximum Gasteiger partial charge on any atom is 0.251 e. The van der Waals surface area contributed by atoms with Gasteiger partial charge in [0.2, 0.25) is 10.0 Å². The number of hydrogen-bond donors (Lipinski definition) is 1. The van der Waals surface area contributed by atoms with E-state index in [1.165, 1.54) is 29.3 Å². The van der Waals surface area contributed by atoms with Crippen molar-refractivity contribution >= 4 is 27.5 Å². The van der Waals surface area contributed by atoms with Crippen molar-refractivity contribution in [3.8, 4) is 0 Å². The molecule has 0 spiro atoms. The van der Waals surface area contributed by atoms with E-state index in [4.69, 9.17) is 16.3 Å². The van der Waals surface area contributed by atoms with Gasteiger partial charge in [0.1, 0.15) is 4.90 Å². The predicted octanol–water partition coefficient (Wildman–Crippen LogP) is 2.36. The van der Waals surface area contributed by atoms with E-state index in [1.54, 1.807) is 6.07 Å². The van der Waals surface area contributed by atoms with Gasteiger partial charge >= 0.3 is 0 Å². The molecule has 0 bridgehead atoms. The maximum absolute atomic E-state index is 13.0. The largest absolute Gasteiger partial charge is 0.378 e.